The lowest BCUT2D eigenvalue weighted by Gasteiger charge is -2.03. The van der Waals surface area contributed by atoms with Crippen LogP contribution in [-0.4, -0.2) is 31.6 Å². The number of urea groups is 1. The van der Waals surface area contributed by atoms with Crippen molar-refractivity contribution in [2.24, 2.45) is 0 Å². The second kappa shape index (κ2) is 7.67. The van der Waals surface area contributed by atoms with E-state index in [0.717, 1.165) is 6.08 Å². The van der Waals surface area contributed by atoms with Crippen molar-refractivity contribution in [2.75, 3.05) is 13.7 Å². The highest BCUT2D eigenvalue weighted by atomic mass is 19.1. The van der Waals surface area contributed by atoms with E-state index in [1.807, 2.05) is 5.32 Å². The van der Waals surface area contributed by atoms with E-state index in [1.165, 1.54) is 31.3 Å². The molecule has 106 valence electrons. The van der Waals surface area contributed by atoms with Gasteiger partial charge in [-0.05, 0) is 12.1 Å². The van der Waals surface area contributed by atoms with E-state index in [4.69, 9.17) is 0 Å². The van der Waals surface area contributed by atoms with Gasteiger partial charge in [-0.2, -0.15) is 0 Å². The molecule has 0 radical (unpaired) electrons. The summed E-state index contributed by atoms with van der Waals surface area (Å²) in [5.41, 5.74) is 0.222. The molecule has 2 N–H and O–H groups in total. The molecule has 6 nitrogen and oxygen atoms in total. The van der Waals surface area contributed by atoms with Crippen LogP contribution < -0.4 is 10.6 Å². The fraction of sp³-hybridized carbons (Fsp3) is 0.154. The molecule has 0 fully saturated rings. The first-order valence-electron chi connectivity index (χ1n) is 5.64. The molecule has 20 heavy (non-hydrogen) atoms. The fourth-order valence-corrected chi connectivity index (χ4v) is 1.18. The number of nitrogens with one attached hydrogen (secondary N) is 2. The molecule has 0 saturated heterocycles. The quantitative estimate of drug-likeness (QED) is 0.632. The summed E-state index contributed by atoms with van der Waals surface area (Å²) in [5, 5.41) is 4.09. The molecular weight excluding hydrogens is 267 g/mol. The van der Waals surface area contributed by atoms with E-state index >= 15 is 0 Å². The van der Waals surface area contributed by atoms with Crippen molar-refractivity contribution in [3.8, 4) is 0 Å². The molecule has 0 bridgehead atoms. The second-order valence-corrected chi connectivity index (χ2v) is 3.59. The van der Waals surface area contributed by atoms with Crippen molar-refractivity contribution in [2.45, 2.75) is 0 Å². The maximum absolute atomic E-state index is 13.2. The first-order valence-corrected chi connectivity index (χ1v) is 5.64. The van der Waals surface area contributed by atoms with Crippen molar-refractivity contribution < 1.29 is 23.5 Å². The number of carbonyl (C=O) groups excluding carboxylic acids is 3. The van der Waals surface area contributed by atoms with E-state index in [0.29, 0.717) is 0 Å². The largest absolute Gasteiger partial charge is 0.452 e. The predicted octanol–water partition coefficient (Wildman–Crippen LogP) is 0.838. The van der Waals surface area contributed by atoms with Crippen molar-refractivity contribution in [1.29, 1.82) is 0 Å². The molecule has 0 unspecified atom stereocenters. The maximum Gasteiger partial charge on any atom is 0.331 e. The molecule has 1 aromatic rings. The average molecular weight is 280 g/mol. The van der Waals surface area contributed by atoms with Crippen LogP contribution in [-0.2, 0) is 14.3 Å². The van der Waals surface area contributed by atoms with Crippen LogP contribution in [0, 0.1) is 5.82 Å². The molecule has 0 saturated carbocycles. The highest BCUT2D eigenvalue weighted by Crippen LogP contribution is 2.07. The van der Waals surface area contributed by atoms with Crippen LogP contribution in [0.3, 0.4) is 0 Å². The lowest BCUT2D eigenvalue weighted by molar-refractivity contribution is -0.143. The average Bonchev–Trinajstić information content (AvgIpc) is 2.44. The number of halogens is 1. The van der Waals surface area contributed by atoms with Gasteiger partial charge in [0.25, 0.3) is 5.91 Å². The molecule has 0 aliphatic heterocycles. The van der Waals surface area contributed by atoms with Crippen LogP contribution in [0.1, 0.15) is 5.56 Å². The zero-order valence-corrected chi connectivity index (χ0v) is 10.7. The van der Waals surface area contributed by atoms with Crippen LogP contribution in [0.2, 0.25) is 0 Å². The van der Waals surface area contributed by atoms with Gasteiger partial charge >= 0.3 is 12.0 Å². The van der Waals surface area contributed by atoms with Crippen molar-refractivity contribution in [3.05, 3.63) is 41.7 Å². The van der Waals surface area contributed by atoms with E-state index in [1.54, 1.807) is 6.07 Å². The Kier molecular flexibility index (Phi) is 5.89. The van der Waals surface area contributed by atoms with Crippen molar-refractivity contribution in [3.63, 3.8) is 0 Å². The van der Waals surface area contributed by atoms with Gasteiger partial charge < -0.3 is 10.1 Å². The van der Waals surface area contributed by atoms with Gasteiger partial charge in [0.1, 0.15) is 5.82 Å². The molecule has 1 aromatic carbocycles. The van der Waals surface area contributed by atoms with Gasteiger partial charge in [0.05, 0.1) is 0 Å². The van der Waals surface area contributed by atoms with Gasteiger partial charge in [-0.1, -0.05) is 18.2 Å². The van der Waals surface area contributed by atoms with E-state index in [-0.39, 0.29) is 5.56 Å². The smallest absolute Gasteiger partial charge is 0.331 e. The zero-order chi connectivity index (χ0) is 15.0. The number of carbonyl (C=O) groups is 3. The Morgan fingerprint density at radius 1 is 1.30 bits per heavy atom. The molecule has 0 aliphatic carbocycles. The van der Waals surface area contributed by atoms with Gasteiger partial charge in [0.15, 0.2) is 6.61 Å². The van der Waals surface area contributed by atoms with Crippen LogP contribution in [0.4, 0.5) is 9.18 Å². The maximum atomic E-state index is 13.2. The van der Waals surface area contributed by atoms with Crippen molar-refractivity contribution in [1.82, 2.24) is 10.6 Å². The molecule has 0 aromatic heterocycles. The monoisotopic (exact) mass is 280 g/mol. The summed E-state index contributed by atoms with van der Waals surface area (Å²) < 4.78 is 17.8. The Labute approximate surface area is 114 Å². The minimum absolute atomic E-state index is 0.222. The summed E-state index contributed by atoms with van der Waals surface area (Å²) in [6.07, 6.45) is 2.22. The summed E-state index contributed by atoms with van der Waals surface area (Å²) in [5.74, 6) is -2.06. The van der Waals surface area contributed by atoms with Crippen LogP contribution >= 0.6 is 0 Å². The van der Waals surface area contributed by atoms with Gasteiger partial charge in [0.2, 0.25) is 0 Å². The minimum Gasteiger partial charge on any atom is -0.452 e. The van der Waals surface area contributed by atoms with E-state index < -0.39 is 30.3 Å². The summed E-state index contributed by atoms with van der Waals surface area (Å²) in [6.45, 7) is -0.603. The van der Waals surface area contributed by atoms with Gasteiger partial charge in [-0.25, -0.2) is 14.0 Å². The number of rotatable bonds is 4. The topological polar surface area (TPSA) is 84.5 Å². The molecule has 1 rings (SSSR count). The Balaban J connectivity index is 2.43. The van der Waals surface area contributed by atoms with E-state index in [2.05, 4.69) is 10.1 Å². The van der Waals surface area contributed by atoms with Crippen LogP contribution in [0.5, 0.6) is 0 Å². The number of benzene rings is 1. The number of amides is 3. The summed E-state index contributed by atoms with van der Waals surface area (Å²) >= 11 is 0. The lowest BCUT2D eigenvalue weighted by Crippen LogP contribution is -2.39. The van der Waals surface area contributed by atoms with E-state index in [9.17, 15) is 18.8 Å². The van der Waals surface area contributed by atoms with Gasteiger partial charge in [-0.15, -0.1) is 0 Å². The molecule has 0 heterocycles. The number of imide groups is 1. The third-order valence-electron chi connectivity index (χ3n) is 2.13. The molecule has 7 heteroatoms. The third kappa shape index (κ3) is 5.30. The number of hydrogen-bond donors (Lipinski definition) is 2. The highest BCUT2D eigenvalue weighted by molar-refractivity contribution is 5.96. The highest BCUT2D eigenvalue weighted by Gasteiger charge is 2.08. The second-order valence-electron chi connectivity index (χ2n) is 3.59. The number of ether oxygens (including phenoxy) is 1. The number of esters is 1. The Morgan fingerprint density at radius 2 is 2.00 bits per heavy atom. The van der Waals surface area contributed by atoms with Gasteiger partial charge in [-0.3, -0.25) is 10.1 Å². The summed E-state index contributed by atoms with van der Waals surface area (Å²) in [6, 6.07) is 5.17. The summed E-state index contributed by atoms with van der Waals surface area (Å²) in [4.78, 5) is 33.2. The summed E-state index contributed by atoms with van der Waals surface area (Å²) in [7, 11) is 1.34. The third-order valence-corrected chi connectivity index (χ3v) is 2.13. The van der Waals surface area contributed by atoms with Crippen LogP contribution in [0.25, 0.3) is 6.08 Å². The molecular formula is C13H13FN2O4. The SMILES string of the molecule is CNC(=O)NC(=O)COC(=O)C=Cc1ccccc1F. The standard InChI is InChI=1S/C13H13FN2O4/c1-15-13(19)16-11(17)8-20-12(18)7-6-9-4-2-3-5-10(9)14/h2-7H,8H2,1H3,(H2,15,16,17,19). The first-order chi connectivity index (χ1) is 9.52. The molecule has 0 spiro atoms. The molecule has 3 amide bonds. The Morgan fingerprint density at radius 3 is 2.65 bits per heavy atom. The first kappa shape index (κ1) is 15.4. The Hall–Kier alpha value is -2.70. The number of hydrogen-bond acceptors (Lipinski definition) is 4. The fourth-order valence-electron chi connectivity index (χ4n) is 1.18. The lowest BCUT2D eigenvalue weighted by atomic mass is 10.2. The normalized spacial score (nSPS) is 10.1. The molecule has 0 aliphatic rings. The van der Waals surface area contributed by atoms with Crippen LogP contribution in [0.15, 0.2) is 30.3 Å². The minimum atomic E-state index is -0.819. The predicted molar refractivity (Wildman–Crippen MR) is 69.0 cm³/mol. The zero-order valence-electron chi connectivity index (χ0n) is 10.7. The van der Waals surface area contributed by atoms with Gasteiger partial charge in [0, 0.05) is 18.7 Å². The van der Waals surface area contributed by atoms with Crippen molar-refractivity contribution >= 4 is 24.0 Å². The molecule has 0 atom stereocenters. The Bertz CT molecular complexity index is 543.